The molecule has 0 saturated carbocycles. The van der Waals surface area contributed by atoms with Gasteiger partial charge in [-0.1, -0.05) is 18.2 Å². The molecule has 0 radical (unpaired) electrons. The molecule has 1 atom stereocenters. The van der Waals surface area contributed by atoms with Gasteiger partial charge in [-0.05, 0) is 38.1 Å². The maximum absolute atomic E-state index is 12.1. The molecule has 2 rings (SSSR count). The Kier molecular flexibility index (Phi) is 3.79. The second kappa shape index (κ2) is 5.32. The van der Waals surface area contributed by atoms with Crippen molar-refractivity contribution in [3.63, 3.8) is 0 Å². The van der Waals surface area contributed by atoms with Gasteiger partial charge in [0.1, 0.15) is 0 Å². The van der Waals surface area contributed by atoms with Gasteiger partial charge in [0.05, 0.1) is 0 Å². The molecule has 1 fully saturated rings. The first-order chi connectivity index (χ1) is 8.16. The van der Waals surface area contributed by atoms with Crippen LogP contribution >= 0.6 is 0 Å². The van der Waals surface area contributed by atoms with Gasteiger partial charge in [-0.15, -0.1) is 0 Å². The first-order valence-corrected chi connectivity index (χ1v) is 6.16. The number of nitrogens with zero attached hydrogens (tertiary/aromatic N) is 2. The summed E-state index contributed by atoms with van der Waals surface area (Å²) < 4.78 is 0. The third kappa shape index (κ3) is 3.07. The Labute approximate surface area is 103 Å². The van der Waals surface area contributed by atoms with Gasteiger partial charge in [0.2, 0.25) is 0 Å². The minimum Gasteiger partial charge on any atom is -0.341 e. The van der Waals surface area contributed by atoms with Crippen molar-refractivity contribution in [1.29, 1.82) is 0 Å². The van der Waals surface area contributed by atoms with E-state index in [9.17, 15) is 4.79 Å². The highest BCUT2D eigenvalue weighted by Crippen LogP contribution is 2.16. The Morgan fingerprint density at radius 3 is 2.71 bits per heavy atom. The number of hydrogen-bond donors (Lipinski definition) is 0. The number of carbonyl (C=O) groups is 1. The second-order valence-electron chi connectivity index (χ2n) is 4.97. The average molecular weight is 232 g/mol. The lowest BCUT2D eigenvalue weighted by Crippen LogP contribution is -2.32. The van der Waals surface area contributed by atoms with Crippen LogP contribution in [0.3, 0.4) is 0 Å². The van der Waals surface area contributed by atoms with Crippen LogP contribution in [0.15, 0.2) is 30.3 Å². The van der Waals surface area contributed by atoms with Gasteiger partial charge < -0.3 is 9.80 Å². The largest absolute Gasteiger partial charge is 0.341 e. The highest BCUT2D eigenvalue weighted by Gasteiger charge is 2.22. The highest BCUT2D eigenvalue weighted by molar-refractivity contribution is 5.93. The predicted octanol–water partition coefficient (Wildman–Crippen LogP) is 1.71. The predicted molar refractivity (Wildman–Crippen MR) is 69.0 cm³/mol. The summed E-state index contributed by atoms with van der Waals surface area (Å²) >= 11 is 0. The van der Waals surface area contributed by atoms with E-state index in [4.69, 9.17) is 0 Å². The Morgan fingerprint density at radius 1 is 1.41 bits per heavy atom. The van der Waals surface area contributed by atoms with Gasteiger partial charge >= 0.3 is 0 Å². The molecule has 17 heavy (non-hydrogen) atoms. The summed E-state index contributed by atoms with van der Waals surface area (Å²) in [5.41, 5.74) is 0.779. The Morgan fingerprint density at radius 2 is 2.12 bits per heavy atom. The van der Waals surface area contributed by atoms with Crippen molar-refractivity contribution in [3.8, 4) is 0 Å². The molecule has 1 heterocycles. The van der Waals surface area contributed by atoms with Crippen molar-refractivity contribution in [2.45, 2.75) is 6.42 Å². The SMILES string of the molecule is CN1CCC(CN(C)C(=O)c2ccccc2)C1. The fourth-order valence-corrected chi connectivity index (χ4v) is 2.45. The molecule has 1 aromatic carbocycles. The molecule has 0 bridgehead atoms. The normalized spacial score (nSPS) is 20.5. The van der Waals surface area contributed by atoms with Crippen LogP contribution in [0.4, 0.5) is 0 Å². The zero-order valence-electron chi connectivity index (χ0n) is 10.6. The van der Waals surface area contributed by atoms with E-state index in [0.29, 0.717) is 5.92 Å². The molecule has 3 heteroatoms. The van der Waals surface area contributed by atoms with Crippen LogP contribution in [0.2, 0.25) is 0 Å². The third-order valence-electron chi connectivity index (χ3n) is 3.39. The molecule has 1 aromatic rings. The van der Waals surface area contributed by atoms with Crippen LogP contribution in [0, 0.1) is 5.92 Å². The van der Waals surface area contributed by atoms with Gasteiger partial charge in [-0.3, -0.25) is 4.79 Å². The molecule has 1 saturated heterocycles. The van der Waals surface area contributed by atoms with E-state index < -0.39 is 0 Å². The van der Waals surface area contributed by atoms with E-state index in [2.05, 4.69) is 11.9 Å². The summed E-state index contributed by atoms with van der Waals surface area (Å²) in [7, 11) is 4.03. The molecule has 1 aliphatic heterocycles. The fourth-order valence-electron chi connectivity index (χ4n) is 2.45. The molecule has 0 spiro atoms. The zero-order chi connectivity index (χ0) is 12.3. The summed E-state index contributed by atoms with van der Waals surface area (Å²) in [5, 5.41) is 0. The fraction of sp³-hybridized carbons (Fsp3) is 0.500. The van der Waals surface area contributed by atoms with Crippen LogP contribution in [-0.4, -0.2) is 49.4 Å². The molecule has 92 valence electrons. The van der Waals surface area contributed by atoms with Crippen molar-refractivity contribution in [2.24, 2.45) is 5.92 Å². The number of amides is 1. The number of likely N-dealkylation sites (tertiary alicyclic amines) is 1. The minimum absolute atomic E-state index is 0.125. The van der Waals surface area contributed by atoms with Gasteiger partial charge in [-0.25, -0.2) is 0 Å². The number of hydrogen-bond acceptors (Lipinski definition) is 2. The van der Waals surface area contributed by atoms with Crippen LogP contribution in [0.5, 0.6) is 0 Å². The summed E-state index contributed by atoms with van der Waals surface area (Å²) in [6.07, 6.45) is 1.20. The van der Waals surface area contributed by atoms with E-state index >= 15 is 0 Å². The molecule has 3 nitrogen and oxygen atoms in total. The van der Waals surface area contributed by atoms with E-state index in [1.807, 2.05) is 42.3 Å². The Bertz CT molecular complexity index is 377. The Hall–Kier alpha value is -1.35. The number of benzene rings is 1. The molecule has 1 unspecified atom stereocenters. The molecular formula is C14H20N2O. The molecule has 0 aromatic heterocycles. The molecule has 1 amide bonds. The van der Waals surface area contributed by atoms with Gasteiger partial charge in [-0.2, -0.15) is 0 Å². The quantitative estimate of drug-likeness (QED) is 0.792. The minimum atomic E-state index is 0.125. The van der Waals surface area contributed by atoms with Gasteiger partial charge in [0, 0.05) is 25.7 Å². The third-order valence-corrected chi connectivity index (χ3v) is 3.39. The number of rotatable bonds is 3. The average Bonchev–Trinajstić information content (AvgIpc) is 2.75. The lowest BCUT2D eigenvalue weighted by molar-refractivity contribution is 0.0774. The molecule has 0 aliphatic carbocycles. The van der Waals surface area contributed by atoms with Crippen molar-refractivity contribution < 1.29 is 4.79 Å². The molecule has 1 aliphatic rings. The van der Waals surface area contributed by atoms with Crippen molar-refractivity contribution >= 4 is 5.91 Å². The first-order valence-electron chi connectivity index (χ1n) is 6.16. The van der Waals surface area contributed by atoms with Crippen LogP contribution in [-0.2, 0) is 0 Å². The Balaban J connectivity index is 1.92. The first kappa shape index (κ1) is 12.1. The lowest BCUT2D eigenvalue weighted by Gasteiger charge is -2.21. The van der Waals surface area contributed by atoms with E-state index in [-0.39, 0.29) is 5.91 Å². The molecular weight excluding hydrogens is 212 g/mol. The summed E-state index contributed by atoms with van der Waals surface area (Å²) in [4.78, 5) is 16.3. The van der Waals surface area contributed by atoms with E-state index in [1.54, 1.807) is 0 Å². The van der Waals surface area contributed by atoms with Crippen molar-refractivity contribution in [2.75, 3.05) is 33.7 Å². The standard InChI is InChI=1S/C14H20N2O/c1-15-9-8-12(10-15)11-16(2)14(17)13-6-4-3-5-7-13/h3-7,12H,8-11H2,1-2H3. The highest BCUT2D eigenvalue weighted by atomic mass is 16.2. The maximum Gasteiger partial charge on any atom is 0.253 e. The van der Waals surface area contributed by atoms with E-state index in [1.165, 1.54) is 6.42 Å². The smallest absolute Gasteiger partial charge is 0.253 e. The number of carbonyl (C=O) groups excluding carboxylic acids is 1. The van der Waals surface area contributed by atoms with Crippen LogP contribution < -0.4 is 0 Å². The lowest BCUT2D eigenvalue weighted by atomic mass is 10.1. The summed E-state index contributed by atoms with van der Waals surface area (Å²) in [6, 6.07) is 9.50. The van der Waals surface area contributed by atoms with E-state index in [0.717, 1.165) is 25.2 Å². The maximum atomic E-state index is 12.1. The van der Waals surface area contributed by atoms with Gasteiger partial charge in [0.25, 0.3) is 5.91 Å². The van der Waals surface area contributed by atoms with Crippen molar-refractivity contribution in [3.05, 3.63) is 35.9 Å². The zero-order valence-corrected chi connectivity index (χ0v) is 10.6. The second-order valence-corrected chi connectivity index (χ2v) is 4.97. The topological polar surface area (TPSA) is 23.6 Å². The van der Waals surface area contributed by atoms with Gasteiger partial charge in [0.15, 0.2) is 0 Å². The van der Waals surface area contributed by atoms with Crippen LogP contribution in [0.25, 0.3) is 0 Å². The van der Waals surface area contributed by atoms with Crippen LogP contribution in [0.1, 0.15) is 16.8 Å². The summed E-state index contributed by atoms with van der Waals surface area (Å²) in [6.45, 7) is 3.11. The summed E-state index contributed by atoms with van der Waals surface area (Å²) in [5.74, 6) is 0.748. The monoisotopic (exact) mass is 232 g/mol. The van der Waals surface area contributed by atoms with Crippen molar-refractivity contribution in [1.82, 2.24) is 9.80 Å². The molecule has 0 N–H and O–H groups in total.